The quantitative estimate of drug-likeness (QED) is 0.675. The molecule has 2 heterocycles. The molecule has 0 atom stereocenters. The third-order valence-corrected chi connectivity index (χ3v) is 8.25. The number of amides is 1. The molecule has 1 aliphatic heterocycles. The van der Waals surface area contributed by atoms with Crippen LogP contribution in [0.5, 0.6) is 0 Å². The maximum absolute atomic E-state index is 13.2. The molecule has 0 radical (unpaired) electrons. The molecule has 2 aromatic rings. The summed E-state index contributed by atoms with van der Waals surface area (Å²) in [6, 6.07) is 3.43. The van der Waals surface area contributed by atoms with E-state index in [4.69, 9.17) is 0 Å². The van der Waals surface area contributed by atoms with Crippen LogP contribution in [-0.2, 0) is 34.7 Å². The number of rotatable bonds is 5. The van der Waals surface area contributed by atoms with Gasteiger partial charge in [0.2, 0.25) is 15.9 Å². The van der Waals surface area contributed by atoms with E-state index in [0.717, 1.165) is 28.9 Å². The second-order valence-corrected chi connectivity index (χ2v) is 10.0. The standard InChI is InChI=1S/C19H25BrN4O3S/c1-12-16(13(2)23(5)21-12)7-8-22(4)28(26,27)19-11-18-15(10-17(19)20)6-9-24(18)14(3)25/h10-11H,6-9H2,1-5H3. The molecule has 0 saturated carbocycles. The van der Waals surface area contributed by atoms with Crippen molar-refractivity contribution in [2.75, 3.05) is 25.0 Å². The summed E-state index contributed by atoms with van der Waals surface area (Å²) in [5, 5.41) is 4.39. The molecule has 3 rings (SSSR count). The molecule has 152 valence electrons. The normalized spacial score (nSPS) is 14.0. The molecule has 0 N–H and O–H groups in total. The lowest BCUT2D eigenvalue weighted by Crippen LogP contribution is -2.30. The smallest absolute Gasteiger partial charge is 0.244 e. The van der Waals surface area contributed by atoms with E-state index in [1.54, 1.807) is 18.0 Å². The highest BCUT2D eigenvalue weighted by Gasteiger charge is 2.29. The predicted octanol–water partition coefficient (Wildman–Crippen LogP) is 2.57. The minimum absolute atomic E-state index is 0.0831. The van der Waals surface area contributed by atoms with Crippen LogP contribution < -0.4 is 4.90 Å². The topological polar surface area (TPSA) is 75.5 Å². The van der Waals surface area contributed by atoms with E-state index in [1.165, 1.54) is 11.2 Å². The Morgan fingerprint density at radius 1 is 1.32 bits per heavy atom. The van der Waals surface area contributed by atoms with Crippen LogP contribution in [0.25, 0.3) is 0 Å². The molecule has 1 aromatic heterocycles. The number of hydrogen-bond donors (Lipinski definition) is 0. The summed E-state index contributed by atoms with van der Waals surface area (Å²) in [7, 11) is -0.242. The summed E-state index contributed by atoms with van der Waals surface area (Å²) in [5.74, 6) is -0.0831. The molecule has 9 heteroatoms. The van der Waals surface area contributed by atoms with Crippen molar-refractivity contribution in [3.8, 4) is 0 Å². The Kier molecular flexibility index (Phi) is 5.71. The molecular weight excluding hydrogens is 444 g/mol. The lowest BCUT2D eigenvalue weighted by molar-refractivity contribution is -0.116. The molecule has 1 aromatic carbocycles. The van der Waals surface area contributed by atoms with Crippen molar-refractivity contribution >= 4 is 37.5 Å². The van der Waals surface area contributed by atoms with E-state index < -0.39 is 10.0 Å². The minimum atomic E-state index is -3.71. The van der Waals surface area contributed by atoms with Gasteiger partial charge in [0.25, 0.3) is 0 Å². The van der Waals surface area contributed by atoms with Crippen LogP contribution in [0.3, 0.4) is 0 Å². The van der Waals surface area contributed by atoms with Crippen molar-refractivity contribution in [1.82, 2.24) is 14.1 Å². The number of aromatic nitrogens is 2. The van der Waals surface area contributed by atoms with Gasteiger partial charge in [-0.1, -0.05) is 0 Å². The first-order valence-corrected chi connectivity index (χ1v) is 11.3. The van der Waals surface area contributed by atoms with E-state index in [2.05, 4.69) is 21.0 Å². The van der Waals surface area contributed by atoms with Crippen molar-refractivity contribution in [1.29, 1.82) is 0 Å². The van der Waals surface area contributed by atoms with Gasteiger partial charge in [0, 0.05) is 50.0 Å². The van der Waals surface area contributed by atoms with Crippen LogP contribution >= 0.6 is 15.9 Å². The van der Waals surface area contributed by atoms with Gasteiger partial charge in [0.15, 0.2) is 0 Å². The number of aryl methyl sites for hydroxylation is 2. The molecule has 1 aliphatic rings. The molecule has 1 amide bonds. The number of likely N-dealkylation sites (N-methyl/N-ethyl adjacent to an activating group) is 1. The Hall–Kier alpha value is -1.71. The molecular formula is C19H25BrN4O3S. The van der Waals surface area contributed by atoms with Crippen LogP contribution in [0.15, 0.2) is 21.5 Å². The van der Waals surface area contributed by atoms with E-state index in [0.29, 0.717) is 29.7 Å². The summed E-state index contributed by atoms with van der Waals surface area (Å²) in [4.78, 5) is 13.7. The van der Waals surface area contributed by atoms with Gasteiger partial charge in [-0.15, -0.1) is 0 Å². The lowest BCUT2D eigenvalue weighted by atomic mass is 10.1. The summed E-state index contributed by atoms with van der Waals surface area (Å²) >= 11 is 3.41. The van der Waals surface area contributed by atoms with Gasteiger partial charge in [0.1, 0.15) is 0 Å². The monoisotopic (exact) mass is 468 g/mol. The maximum Gasteiger partial charge on any atom is 0.244 e. The SMILES string of the molecule is CC(=O)N1CCc2cc(Br)c(S(=O)(=O)N(C)CCc3c(C)nn(C)c3C)cc21. The molecule has 0 unspecified atom stereocenters. The first-order valence-electron chi connectivity index (χ1n) is 9.10. The fraction of sp³-hybridized carbons (Fsp3) is 0.474. The van der Waals surface area contributed by atoms with Crippen LogP contribution in [0, 0.1) is 13.8 Å². The zero-order valence-corrected chi connectivity index (χ0v) is 19.2. The fourth-order valence-electron chi connectivity index (χ4n) is 3.65. The van der Waals surface area contributed by atoms with E-state index in [-0.39, 0.29) is 10.8 Å². The average Bonchev–Trinajstić information content (AvgIpc) is 3.12. The first-order chi connectivity index (χ1) is 13.0. The highest BCUT2D eigenvalue weighted by atomic mass is 79.9. The molecule has 28 heavy (non-hydrogen) atoms. The Balaban J connectivity index is 1.88. The van der Waals surface area contributed by atoms with Crippen LogP contribution in [0.1, 0.15) is 29.4 Å². The maximum atomic E-state index is 13.2. The van der Waals surface area contributed by atoms with Gasteiger partial charge in [-0.2, -0.15) is 5.10 Å². The zero-order chi connectivity index (χ0) is 20.8. The van der Waals surface area contributed by atoms with Crippen molar-refractivity contribution in [2.24, 2.45) is 7.05 Å². The molecule has 0 aliphatic carbocycles. The number of carbonyl (C=O) groups excluding carboxylic acids is 1. The fourth-order valence-corrected chi connectivity index (χ4v) is 5.89. The highest BCUT2D eigenvalue weighted by Crippen LogP contribution is 2.36. The number of halogens is 1. The Morgan fingerprint density at radius 3 is 2.57 bits per heavy atom. The molecule has 0 spiro atoms. The van der Waals surface area contributed by atoms with Crippen molar-refractivity contribution in [3.63, 3.8) is 0 Å². The Labute approximate surface area is 174 Å². The van der Waals surface area contributed by atoms with Gasteiger partial charge in [-0.25, -0.2) is 12.7 Å². The van der Waals surface area contributed by atoms with E-state index in [9.17, 15) is 13.2 Å². The number of anilines is 1. The molecule has 0 fully saturated rings. The average molecular weight is 469 g/mol. The lowest BCUT2D eigenvalue weighted by Gasteiger charge is -2.21. The second-order valence-electron chi connectivity index (χ2n) is 7.18. The van der Waals surface area contributed by atoms with E-state index in [1.807, 2.05) is 31.6 Å². The van der Waals surface area contributed by atoms with Crippen molar-refractivity contribution < 1.29 is 13.2 Å². The molecule has 7 nitrogen and oxygen atoms in total. The zero-order valence-electron chi connectivity index (χ0n) is 16.8. The minimum Gasteiger partial charge on any atom is -0.312 e. The van der Waals surface area contributed by atoms with Gasteiger partial charge in [-0.05, 0) is 65.9 Å². The first kappa shape index (κ1) is 21.0. The highest BCUT2D eigenvalue weighted by molar-refractivity contribution is 9.10. The number of fused-ring (bicyclic) bond motifs is 1. The Bertz CT molecular complexity index is 1050. The molecule has 0 saturated heterocycles. The van der Waals surface area contributed by atoms with Crippen LogP contribution in [0.2, 0.25) is 0 Å². The number of sulfonamides is 1. The van der Waals surface area contributed by atoms with Crippen LogP contribution in [0.4, 0.5) is 5.69 Å². The second kappa shape index (κ2) is 7.61. The predicted molar refractivity (Wildman–Crippen MR) is 112 cm³/mol. The van der Waals surface area contributed by atoms with Gasteiger partial charge in [-0.3, -0.25) is 9.48 Å². The number of benzene rings is 1. The summed E-state index contributed by atoms with van der Waals surface area (Å²) in [6.45, 7) is 6.34. The summed E-state index contributed by atoms with van der Waals surface area (Å²) < 4.78 is 30.1. The number of carbonyl (C=O) groups is 1. The summed E-state index contributed by atoms with van der Waals surface area (Å²) in [6.07, 6.45) is 1.31. The van der Waals surface area contributed by atoms with E-state index >= 15 is 0 Å². The summed E-state index contributed by atoms with van der Waals surface area (Å²) in [5.41, 5.74) is 4.69. The Morgan fingerprint density at radius 2 is 2.00 bits per heavy atom. The van der Waals surface area contributed by atoms with Gasteiger partial charge in [0.05, 0.1) is 10.6 Å². The van der Waals surface area contributed by atoms with Crippen molar-refractivity contribution in [3.05, 3.63) is 39.1 Å². The number of hydrogen-bond acceptors (Lipinski definition) is 4. The molecule has 0 bridgehead atoms. The largest absolute Gasteiger partial charge is 0.312 e. The number of nitrogens with zero attached hydrogens (tertiary/aromatic N) is 4. The van der Waals surface area contributed by atoms with Crippen molar-refractivity contribution in [2.45, 2.75) is 38.5 Å². The third-order valence-electron chi connectivity index (χ3n) is 5.43. The third kappa shape index (κ3) is 3.62. The van der Waals surface area contributed by atoms with Gasteiger partial charge >= 0.3 is 0 Å². The van der Waals surface area contributed by atoms with Crippen LogP contribution in [-0.4, -0.2) is 48.5 Å². The van der Waals surface area contributed by atoms with Gasteiger partial charge < -0.3 is 4.90 Å².